The molecule has 5 heteroatoms. The smallest absolute Gasteiger partial charge is 0.305 e. The molecular formula is C15H18ClNO3. The van der Waals surface area contributed by atoms with Crippen LogP contribution >= 0.6 is 11.6 Å². The molecule has 0 bridgehead atoms. The van der Waals surface area contributed by atoms with Gasteiger partial charge in [0, 0.05) is 10.6 Å². The molecule has 2 rings (SSSR count). The van der Waals surface area contributed by atoms with Crippen LogP contribution in [0, 0.1) is 0 Å². The summed E-state index contributed by atoms with van der Waals surface area (Å²) in [5.74, 6) is -1.13. The maximum atomic E-state index is 12.3. The fraction of sp³-hybridized carbons (Fsp3) is 0.467. The molecule has 1 fully saturated rings. The van der Waals surface area contributed by atoms with E-state index in [-0.39, 0.29) is 12.3 Å². The van der Waals surface area contributed by atoms with Crippen LogP contribution < -0.4 is 5.32 Å². The molecule has 20 heavy (non-hydrogen) atoms. The second kappa shape index (κ2) is 6.27. The number of carboxylic acids is 1. The second-order valence-corrected chi connectivity index (χ2v) is 5.81. The Labute approximate surface area is 123 Å². The van der Waals surface area contributed by atoms with E-state index < -0.39 is 11.5 Å². The second-order valence-electron chi connectivity index (χ2n) is 5.38. The fourth-order valence-corrected chi connectivity index (χ4v) is 3.00. The van der Waals surface area contributed by atoms with E-state index in [2.05, 4.69) is 5.32 Å². The van der Waals surface area contributed by atoms with Crippen LogP contribution in [0.25, 0.3) is 0 Å². The van der Waals surface area contributed by atoms with Crippen molar-refractivity contribution in [1.29, 1.82) is 0 Å². The summed E-state index contributed by atoms with van der Waals surface area (Å²) in [7, 11) is 0. The van der Waals surface area contributed by atoms with E-state index in [1.54, 1.807) is 24.3 Å². The minimum atomic E-state index is -0.877. The fourth-order valence-electron chi connectivity index (χ4n) is 2.81. The summed E-state index contributed by atoms with van der Waals surface area (Å²) in [6.45, 7) is 0. The summed E-state index contributed by atoms with van der Waals surface area (Å²) in [5, 5.41) is 12.5. The van der Waals surface area contributed by atoms with Gasteiger partial charge in [-0.3, -0.25) is 9.59 Å². The third-order valence-corrected chi connectivity index (χ3v) is 4.00. The number of carbonyl (C=O) groups is 2. The molecule has 1 aromatic rings. The van der Waals surface area contributed by atoms with E-state index in [9.17, 15) is 9.59 Å². The highest BCUT2D eigenvalue weighted by Gasteiger charge is 2.36. The highest BCUT2D eigenvalue weighted by atomic mass is 35.5. The molecule has 1 amide bonds. The van der Waals surface area contributed by atoms with Gasteiger partial charge in [-0.2, -0.15) is 0 Å². The van der Waals surface area contributed by atoms with Crippen LogP contribution in [-0.4, -0.2) is 22.5 Å². The molecular weight excluding hydrogens is 278 g/mol. The molecule has 108 valence electrons. The van der Waals surface area contributed by atoms with E-state index in [0.29, 0.717) is 23.4 Å². The van der Waals surface area contributed by atoms with Gasteiger partial charge >= 0.3 is 5.97 Å². The molecule has 0 spiro atoms. The van der Waals surface area contributed by atoms with Crippen molar-refractivity contribution in [3.63, 3.8) is 0 Å². The zero-order valence-electron chi connectivity index (χ0n) is 11.2. The maximum absolute atomic E-state index is 12.3. The predicted octanol–water partition coefficient (Wildman–Crippen LogP) is 3.25. The van der Waals surface area contributed by atoms with Gasteiger partial charge in [0.1, 0.15) is 0 Å². The number of nitrogens with one attached hydrogen (secondary N) is 1. The van der Waals surface area contributed by atoms with Gasteiger partial charge in [-0.1, -0.05) is 36.9 Å². The molecule has 1 saturated carbocycles. The van der Waals surface area contributed by atoms with Crippen molar-refractivity contribution in [2.75, 3.05) is 0 Å². The molecule has 0 unspecified atom stereocenters. The number of halogens is 1. The summed E-state index contributed by atoms with van der Waals surface area (Å²) >= 11 is 5.88. The molecule has 0 aromatic heterocycles. The average molecular weight is 296 g/mol. The molecule has 0 heterocycles. The van der Waals surface area contributed by atoms with Crippen molar-refractivity contribution in [2.24, 2.45) is 0 Å². The highest BCUT2D eigenvalue weighted by Crippen LogP contribution is 2.31. The third kappa shape index (κ3) is 3.73. The third-order valence-electron chi connectivity index (χ3n) is 3.77. The van der Waals surface area contributed by atoms with E-state index in [1.165, 1.54) is 0 Å². The molecule has 1 aliphatic rings. The first kappa shape index (κ1) is 14.9. The number of amides is 1. The average Bonchev–Trinajstić information content (AvgIpc) is 2.38. The Hall–Kier alpha value is -1.55. The van der Waals surface area contributed by atoms with Gasteiger partial charge in [-0.25, -0.2) is 0 Å². The first-order chi connectivity index (χ1) is 9.51. The van der Waals surface area contributed by atoms with Gasteiger partial charge < -0.3 is 10.4 Å². The van der Waals surface area contributed by atoms with Crippen molar-refractivity contribution < 1.29 is 14.7 Å². The highest BCUT2D eigenvalue weighted by molar-refractivity contribution is 6.30. The number of benzene rings is 1. The van der Waals surface area contributed by atoms with Crippen molar-refractivity contribution in [2.45, 2.75) is 44.1 Å². The number of carboxylic acid groups (broad SMARTS) is 1. The molecule has 0 saturated heterocycles. The van der Waals surface area contributed by atoms with Crippen LogP contribution in [0.4, 0.5) is 0 Å². The zero-order chi connectivity index (χ0) is 14.6. The van der Waals surface area contributed by atoms with Crippen molar-refractivity contribution in [3.8, 4) is 0 Å². The lowest BCUT2D eigenvalue weighted by atomic mass is 9.79. The van der Waals surface area contributed by atoms with Crippen LogP contribution in [-0.2, 0) is 4.79 Å². The Balaban J connectivity index is 2.15. The van der Waals surface area contributed by atoms with E-state index in [1.807, 2.05) is 0 Å². The van der Waals surface area contributed by atoms with Gasteiger partial charge in [-0.15, -0.1) is 0 Å². The van der Waals surface area contributed by atoms with Crippen LogP contribution in [0.5, 0.6) is 0 Å². The van der Waals surface area contributed by atoms with Crippen molar-refractivity contribution in [3.05, 3.63) is 34.9 Å². The van der Waals surface area contributed by atoms with Gasteiger partial charge in [0.25, 0.3) is 5.91 Å². The molecule has 1 aliphatic carbocycles. The van der Waals surface area contributed by atoms with Crippen LogP contribution in [0.3, 0.4) is 0 Å². The Morgan fingerprint density at radius 2 is 1.95 bits per heavy atom. The normalized spacial score (nSPS) is 17.4. The molecule has 4 nitrogen and oxygen atoms in total. The SMILES string of the molecule is O=C(O)CC1(NC(=O)c2cccc(Cl)c2)CCCCC1. The van der Waals surface area contributed by atoms with E-state index in [0.717, 1.165) is 19.3 Å². The molecule has 0 aliphatic heterocycles. The van der Waals surface area contributed by atoms with Crippen LogP contribution in [0.2, 0.25) is 5.02 Å². The van der Waals surface area contributed by atoms with E-state index in [4.69, 9.17) is 16.7 Å². The van der Waals surface area contributed by atoms with Gasteiger partial charge in [-0.05, 0) is 31.0 Å². The first-order valence-electron chi connectivity index (χ1n) is 6.81. The Morgan fingerprint density at radius 3 is 2.55 bits per heavy atom. The van der Waals surface area contributed by atoms with E-state index >= 15 is 0 Å². The predicted molar refractivity (Wildman–Crippen MR) is 77.0 cm³/mol. The maximum Gasteiger partial charge on any atom is 0.305 e. The minimum absolute atomic E-state index is 0.0285. The summed E-state index contributed by atoms with van der Waals surface area (Å²) in [4.78, 5) is 23.4. The minimum Gasteiger partial charge on any atom is -0.481 e. The molecule has 0 atom stereocenters. The topological polar surface area (TPSA) is 66.4 Å². The van der Waals surface area contributed by atoms with Crippen molar-refractivity contribution >= 4 is 23.5 Å². The summed E-state index contributed by atoms with van der Waals surface area (Å²) in [5.41, 5.74) is -0.156. The first-order valence-corrected chi connectivity index (χ1v) is 7.18. The van der Waals surface area contributed by atoms with Gasteiger partial charge in [0.05, 0.1) is 12.0 Å². The number of carbonyl (C=O) groups excluding carboxylic acids is 1. The number of aliphatic carboxylic acids is 1. The zero-order valence-corrected chi connectivity index (χ0v) is 11.9. The Bertz CT molecular complexity index is 510. The number of rotatable bonds is 4. The van der Waals surface area contributed by atoms with Crippen LogP contribution in [0.15, 0.2) is 24.3 Å². The van der Waals surface area contributed by atoms with Gasteiger partial charge in [0.15, 0.2) is 0 Å². The summed E-state index contributed by atoms with van der Waals surface area (Å²) in [6, 6.07) is 6.68. The largest absolute Gasteiger partial charge is 0.481 e. The summed E-state index contributed by atoms with van der Waals surface area (Å²) < 4.78 is 0. The Kier molecular flexibility index (Phi) is 4.65. The quantitative estimate of drug-likeness (QED) is 0.896. The van der Waals surface area contributed by atoms with Crippen LogP contribution in [0.1, 0.15) is 48.9 Å². The molecule has 1 aromatic carbocycles. The number of hydrogen-bond acceptors (Lipinski definition) is 2. The van der Waals surface area contributed by atoms with Gasteiger partial charge in [0.2, 0.25) is 0 Å². The Morgan fingerprint density at radius 1 is 1.25 bits per heavy atom. The van der Waals surface area contributed by atoms with Crippen molar-refractivity contribution in [1.82, 2.24) is 5.32 Å². The monoisotopic (exact) mass is 295 g/mol. The lowest BCUT2D eigenvalue weighted by molar-refractivity contribution is -0.139. The lowest BCUT2D eigenvalue weighted by Gasteiger charge is -2.37. The standard InChI is InChI=1S/C15H18ClNO3/c16-12-6-4-5-11(9-12)14(20)17-15(10-13(18)19)7-2-1-3-8-15/h4-6,9H,1-3,7-8,10H2,(H,17,20)(H,18,19). The molecule has 0 radical (unpaired) electrons. The summed E-state index contributed by atoms with van der Waals surface area (Å²) in [6.07, 6.45) is 4.39. The number of hydrogen-bond donors (Lipinski definition) is 2. The lowest BCUT2D eigenvalue weighted by Crippen LogP contribution is -2.51. The molecule has 2 N–H and O–H groups in total.